The van der Waals surface area contributed by atoms with Gasteiger partial charge in [-0.25, -0.2) is 0 Å². The van der Waals surface area contributed by atoms with Gasteiger partial charge in [0.15, 0.2) is 5.96 Å². The highest BCUT2D eigenvalue weighted by Crippen LogP contribution is 2.17. The summed E-state index contributed by atoms with van der Waals surface area (Å²) in [4.78, 5) is 9.52. The Balaban J connectivity index is 1.80. The third-order valence-electron chi connectivity index (χ3n) is 5.37. The zero-order valence-electron chi connectivity index (χ0n) is 18.5. The van der Waals surface area contributed by atoms with Gasteiger partial charge in [-0.15, -0.1) is 0 Å². The van der Waals surface area contributed by atoms with Gasteiger partial charge in [0.1, 0.15) is 0 Å². The number of nitrogens with zero attached hydrogens (tertiary/aromatic N) is 3. The van der Waals surface area contributed by atoms with E-state index in [1.54, 1.807) is 0 Å². The molecule has 28 heavy (non-hydrogen) atoms. The van der Waals surface area contributed by atoms with Crippen LogP contribution in [-0.2, 0) is 4.74 Å². The average Bonchev–Trinajstić information content (AvgIpc) is 2.64. The fraction of sp³-hybridized carbons (Fsp3) is 0.952. The van der Waals surface area contributed by atoms with Crippen LogP contribution in [0, 0.1) is 11.8 Å². The fourth-order valence-corrected chi connectivity index (χ4v) is 4.12. The van der Waals surface area contributed by atoms with Gasteiger partial charge in [0, 0.05) is 45.8 Å². The Hall–Kier alpha value is -0.890. The zero-order chi connectivity index (χ0) is 20.4. The molecule has 0 aromatic rings. The lowest BCUT2D eigenvalue weighted by atomic mass is 9.97. The monoisotopic (exact) mass is 397 g/mol. The molecule has 2 aliphatic heterocycles. The van der Waals surface area contributed by atoms with E-state index in [1.165, 1.54) is 32.5 Å². The number of nitrogens with one attached hydrogen (secondary N) is 2. The summed E-state index contributed by atoms with van der Waals surface area (Å²) in [6.45, 7) is 18.2. The molecule has 2 unspecified atom stereocenters. The molecule has 7 nitrogen and oxygen atoms in total. The predicted octanol–water partition coefficient (Wildman–Crippen LogP) is 0.993. The van der Waals surface area contributed by atoms with Crippen LogP contribution in [0.15, 0.2) is 4.99 Å². The van der Waals surface area contributed by atoms with Gasteiger partial charge in [-0.05, 0) is 45.1 Å². The number of hydrogen-bond acceptors (Lipinski definition) is 5. The van der Waals surface area contributed by atoms with Crippen molar-refractivity contribution in [3.63, 3.8) is 0 Å². The Morgan fingerprint density at radius 2 is 1.96 bits per heavy atom. The van der Waals surface area contributed by atoms with E-state index in [-0.39, 0.29) is 0 Å². The third kappa shape index (κ3) is 9.07. The summed E-state index contributed by atoms with van der Waals surface area (Å²) in [5, 5.41) is 17.6. The van der Waals surface area contributed by atoms with Crippen molar-refractivity contribution in [1.29, 1.82) is 0 Å². The first kappa shape index (κ1) is 23.4. The minimum atomic E-state index is -0.835. The Kier molecular flexibility index (Phi) is 9.99. The van der Waals surface area contributed by atoms with Crippen LogP contribution >= 0.6 is 0 Å². The summed E-state index contributed by atoms with van der Waals surface area (Å²) in [6.07, 6.45) is 2.55. The highest BCUT2D eigenvalue weighted by Gasteiger charge is 2.25. The van der Waals surface area contributed by atoms with Crippen LogP contribution in [0.3, 0.4) is 0 Å². The van der Waals surface area contributed by atoms with Gasteiger partial charge < -0.3 is 25.4 Å². The summed E-state index contributed by atoms with van der Waals surface area (Å²) in [5.41, 5.74) is -0.835. The third-order valence-corrected chi connectivity index (χ3v) is 5.37. The highest BCUT2D eigenvalue weighted by atomic mass is 16.5. The van der Waals surface area contributed by atoms with Crippen LogP contribution in [0.4, 0.5) is 0 Å². The molecule has 0 spiro atoms. The number of guanidine groups is 1. The first-order valence-electron chi connectivity index (χ1n) is 11.1. The van der Waals surface area contributed by atoms with Crippen molar-refractivity contribution in [1.82, 2.24) is 20.4 Å². The van der Waals surface area contributed by atoms with E-state index in [9.17, 15) is 5.11 Å². The molecule has 0 amide bonds. The van der Waals surface area contributed by atoms with E-state index in [4.69, 9.17) is 4.74 Å². The normalized spacial score (nSPS) is 24.9. The lowest BCUT2D eigenvalue weighted by Crippen LogP contribution is -2.48. The number of likely N-dealkylation sites (tertiary alicyclic amines) is 1. The fourth-order valence-electron chi connectivity index (χ4n) is 4.12. The lowest BCUT2D eigenvalue weighted by Gasteiger charge is -2.34. The molecular formula is C21H43N5O2. The summed E-state index contributed by atoms with van der Waals surface area (Å²) in [7, 11) is 0. The van der Waals surface area contributed by atoms with E-state index < -0.39 is 5.60 Å². The van der Waals surface area contributed by atoms with Crippen LogP contribution < -0.4 is 10.6 Å². The van der Waals surface area contributed by atoms with Crippen molar-refractivity contribution < 1.29 is 9.84 Å². The largest absolute Gasteiger partial charge is 0.387 e. The maximum Gasteiger partial charge on any atom is 0.191 e. The van der Waals surface area contributed by atoms with Crippen LogP contribution in [-0.4, -0.2) is 98.6 Å². The molecule has 0 aromatic heterocycles. The maximum absolute atomic E-state index is 10.8. The minimum absolute atomic E-state index is 0.393. The van der Waals surface area contributed by atoms with E-state index in [0.29, 0.717) is 19.0 Å². The maximum atomic E-state index is 10.8. The number of aliphatic imine (C=N–C) groups is 1. The van der Waals surface area contributed by atoms with Crippen LogP contribution in [0.2, 0.25) is 0 Å². The van der Waals surface area contributed by atoms with Crippen molar-refractivity contribution in [3.05, 3.63) is 0 Å². The van der Waals surface area contributed by atoms with E-state index >= 15 is 0 Å². The number of piperidine rings is 1. The first-order valence-corrected chi connectivity index (χ1v) is 11.1. The van der Waals surface area contributed by atoms with Crippen molar-refractivity contribution in [2.75, 3.05) is 72.1 Å². The SMILES string of the molecule is CCNC(=NCC(C)(O)CN1CCOCC1)NCC1CCCN(CC(C)C)C1. The zero-order valence-corrected chi connectivity index (χ0v) is 18.5. The van der Waals surface area contributed by atoms with Crippen molar-refractivity contribution >= 4 is 5.96 Å². The molecule has 2 saturated heterocycles. The standard InChI is InChI=1S/C21H43N5O2/c1-5-22-20(23-13-19-7-6-8-26(15-19)14-18(2)3)24-16-21(4,27)17-25-9-11-28-12-10-25/h18-19,27H,5-17H2,1-4H3,(H2,22,23,24). The number of aliphatic hydroxyl groups is 1. The summed E-state index contributed by atoms with van der Waals surface area (Å²) in [5.74, 6) is 2.19. The summed E-state index contributed by atoms with van der Waals surface area (Å²) < 4.78 is 5.39. The number of β-amino-alcohol motifs (C(OH)–C–C–N with tert-alkyl or cyclic N) is 1. The summed E-state index contributed by atoms with van der Waals surface area (Å²) in [6, 6.07) is 0. The molecule has 2 fully saturated rings. The van der Waals surface area contributed by atoms with Gasteiger partial charge in [-0.3, -0.25) is 9.89 Å². The second kappa shape index (κ2) is 12.0. The quantitative estimate of drug-likeness (QED) is 0.398. The lowest BCUT2D eigenvalue weighted by molar-refractivity contribution is -0.0180. The second-order valence-electron chi connectivity index (χ2n) is 9.12. The van der Waals surface area contributed by atoms with Gasteiger partial charge in [0.2, 0.25) is 0 Å². The van der Waals surface area contributed by atoms with Crippen molar-refractivity contribution in [2.45, 2.75) is 46.1 Å². The molecule has 7 heteroatoms. The molecule has 2 aliphatic rings. The summed E-state index contributed by atoms with van der Waals surface area (Å²) >= 11 is 0. The van der Waals surface area contributed by atoms with Crippen LogP contribution in [0.25, 0.3) is 0 Å². The molecule has 2 atom stereocenters. The van der Waals surface area contributed by atoms with Crippen LogP contribution in [0.1, 0.15) is 40.5 Å². The molecule has 0 radical (unpaired) electrons. The smallest absolute Gasteiger partial charge is 0.191 e. The molecular weight excluding hydrogens is 354 g/mol. The molecule has 2 rings (SSSR count). The van der Waals surface area contributed by atoms with Gasteiger partial charge in [0.25, 0.3) is 0 Å². The number of hydrogen-bond donors (Lipinski definition) is 3. The van der Waals surface area contributed by atoms with E-state index in [0.717, 1.165) is 51.3 Å². The first-order chi connectivity index (χ1) is 13.4. The minimum Gasteiger partial charge on any atom is -0.387 e. The molecule has 0 saturated carbocycles. The number of ether oxygens (including phenoxy) is 1. The van der Waals surface area contributed by atoms with Gasteiger partial charge in [-0.2, -0.15) is 0 Å². The second-order valence-corrected chi connectivity index (χ2v) is 9.12. The molecule has 3 N–H and O–H groups in total. The number of rotatable bonds is 9. The van der Waals surface area contributed by atoms with E-state index in [1.807, 2.05) is 6.92 Å². The Bertz CT molecular complexity index is 464. The molecule has 2 heterocycles. The molecule has 0 bridgehead atoms. The van der Waals surface area contributed by atoms with Gasteiger partial charge >= 0.3 is 0 Å². The molecule has 0 aromatic carbocycles. The molecule has 0 aliphatic carbocycles. The number of morpholine rings is 1. The van der Waals surface area contributed by atoms with Gasteiger partial charge in [-0.1, -0.05) is 13.8 Å². The highest BCUT2D eigenvalue weighted by molar-refractivity contribution is 5.79. The van der Waals surface area contributed by atoms with Crippen molar-refractivity contribution in [3.8, 4) is 0 Å². The predicted molar refractivity (Wildman–Crippen MR) is 116 cm³/mol. The Labute approximate surface area is 171 Å². The topological polar surface area (TPSA) is 72.4 Å². The van der Waals surface area contributed by atoms with Crippen molar-refractivity contribution in [2.24, 2.45) is 16.8 Å². The Morgan fingerprint density at radius 3 is 2.64 bits per heavy atom. The van der Waals surface area contributed by atoms with E-state index in [2.05, 4.69) is 46.2 Å². The molecule has 164 valence electrons. The van der Waals surface area contributed by atoms with Crippen LogP contribution in [0.5, 0.6) is 0 Å². The van der Waals surface area contributed by atoms with Gasteiger partial charge in [0.05, 0.1) is 25.4 Å². The average molecular weight is 398 g/mol. The Morgan fingerprint density at radius 1 is 1.21 bits per heavy atom.